The molecule has 0 unspecified atom stereocenters. The third kappa shape index (κ3) is 5.07. The van der Waals surface area contributed by atoms with E-state index in [1.165, 1.54) is 6.07 Å². The summed E-state index contributed by atoms with van der Waals surface area (Å²) in [6.45, 7) is 3.61. The Bertz CT molecular complexity index is 1470. The summed E-state index contributed by atoms with van der Waals surface area (Å²) in [5.74, 6) is -1.84. The standard InChI is InChI=1S/C26H18Cl2F2N2O2S/c1-13-12-20(31-26(35)32-25(33)22-18(29)8-5-9-19(22)30)23(28)14(2)24(13)34-21-11-10-17(27)15-6-3-4-7-16(15)21/h3-12H,1-2H3,(H2,31,32,33,35). The van der Waals surface area contributed by atoms with Crippen LogP contribution in [-0.4, -0.2) is 11.0 Å². The van der Waals surface area contributed by atoms with Crippen LogP contribution in [0, 0.1) is 25.5 Å². The van der Waals surface area contributed by atoms with E-state index in [-0.39, 0.29) is 5.11 Å². The number of carbonyl (C=O) groups excluding carboxylic acids is 1. The smallest absolute Gasteiger partial charge is 0.263 e. The average molecular weight is 531 g/mol. The second-order valence-corrected chi connectivity index (χ2v) is 8.90. The normalized spacial score (nSPS) is 10.8. The second kappa shape index (κ2) is 10.2. The van der Waals surface area contributed by atoms with E-state index in [4.69, 9.17) is 40.2 Å². The van der Waals surface area contributed by atoms with E-state index < -0.39 is 23.1 Å². The largest absolute Gasteiger partial charge is 0.456 e. The fraction of sp³-hybridized carbons (Fsp3) is 0.0769. The van der Waals surface area contributed by atoms with Crippen LogP contribution in [0.4, 0.5) is 14.5 Å². The molecule has 4 aromatic carbocycles. The first-order chi connectivity index (χ1) is 16.7. The molecule has 0 fully saturated rings. The Kier molecular flexibility index (Phi) is 7.21. The number of nitrogens with one attached hydrogen (secondary N) is 2. The number of amides is 1. The summed E-state index contributed by atoms with van der Waals surface area (Å²) in [5, 5.41) is 7.54. The van der Waals surface area contributed by atoms with Gasteiger partial charge < -0.3 is 10.1 Å². The Balaban J connectivity index is 1.58. The summed E-state index contributed by atoms with van der Waals surface area (Å²) in [7, 11) is 0. The molecule has 1 amide bonds. The number of hydrogen-bond acceptors (Lipinski definition) is 3. The van der Waals surface area contributed by atoms with E-state index in [9.17, 15) is 13.6 Å². The van der Waals surface area contributed by atoms with E-state index >= 15 is 0 Å². The van der Waals surface area contributed by atoms with Gasteiger partial charge in [0.2, 0.25) is 0 Å². The molecule has 0 spiro atoms. The van der Waals surface area contributed by atoms with E-state index in [1.54, 1.807) is 25.1 Å². The van der Waals surface area contributed by atoms with Crippen molar-refractivity contribution in [3.8, 4) is 11.5 Å². The summed E-state index contributed by atoms with van der Waals surface area (Å²) < 4.78 is 34.0. The van der Waals surface area contributed by atoms with Gasteiger partial charge in [0, 0.05) is 21.4 Å². The molecule has 0 aliphatic rings. The lowest BCUT2D eigenvalue weighted by atomic mass is 10.1. The van der Waals surface area contributed by atoms with Gasteiger partial charge in [-0.3, -0.25) is 10.1 Å². The Morgan fingerprint density at radius 1 is 0.943 bits per heavy atom. The molecule has 2 N–H and O–H groups in total. The van der Waals surface area contributed by atoms with E-state index in [0.29, 0.717) is 32.8 Å². The average Bonchev–Trinajstić information content (AvgIpc) is 2.81. The Labute approximate surface area is 215 Å². The van der Waals surface area contributed by atoms with Crippen molar-refractivity contribution in [2.75, 3.05) is 5.32 Å². The molecule has 9 heteroatoms. The summed E-state index contributed by atoms with van der Waals surface area (Å²) in [6.07, 6.45) is 0. The highest BCUT2D eigenvalue weighted by atomic mass is 35.5. The third-order valence-electron chi connectivity index (χ3n) is 5.33. The number of halogens is 4. The first-order valence-electron chi connectivity index (χ1n) is 10.4. The van der Waals surface area contributed by atoms with E-state index in [0.717, 1.165) is 28.5 Å². The lowest BCUT2D eigenvalue weighted by Gasteiger charge is -2.18. The van der Waals surface area contributed by atoms with Gasteiger partial charge in [-0.05, 0) is 62.0 Å². The SMILES string of the molecule is Cc1cc(NC(=S)NC(=O)c2c(F)cccc2F)c(Cl)c(C)c1Oc1ccc(Cl)c2ccccc12. The fourth-order valence-corrected chi connectivity index (χ4v) is 4.28. The maximum Gasteiger partial charge on any atom is 0.263 e. The predicted octanol–water partition coefficient (Wildman–Crippen LogP) is 7.96. The number of benzene rings is 4. The summed E-state index contributed by atoms with van der Waals surface area (Å²) >= 11 is 18.0. The van der Waals surface area contributed by atoms with E-state index in [1.807, 2.05) is 31.2 Å². The molecule has 4 rings (SSSR count). The van der Waals surface area contributed by atoms with Gasteiger partial charge in [0.15, 0.2) is 5.11 Å². The zero-order chi connectivity index (χ0) is 25.3. The third-order valence-corrected chi connectivity index (χ3v) is 6.35. The number of ether oxygens (including phenoxy) is 1. The number of fused-ring (bicyclic) bond motifs is 1. The number of aryl methyl sites for hydroxylation is 1. The molecular weight excluding hydrogens is 513 g/mol. The maximum atomic E-state index is 13.9. The molecule has 178 valence electrons. The van der Waals surface area contributed by atoms with Crippen LogP contribution in [0.25, 0.3) is 10.8 Å². The summed E-state index contributed by atoms with van der Waals surface area (Å²) in [6, 6.07) is 16.0. The molecule has 0 heterocycles. The highest BCUT2D eigenvalue weighted by molar-refractivity contribution is 7.80. The van der Waals surface area contributed by atoms with Crippen molar-refractivity contribution < 1.29 is 18.3 Å². The molecule has 0 saturated carbocycles. The molecule has 0 radical (unpaired) electrons. The van der Waals surface area contributed by atoms with Crippen molar-refractivity contribution in [2.24, 2.45) is 0 Å². The van der Waals surface area contributed by atoms with Crippen LogP contribution in [0.1, 0.15) is 21.5 Å². The first-order valence-corrected chi connectivity index (χ1v) is 11.5. The van der Waals surface area contributed by atoms with Gasteiger partial charge in [0.1, 0.15) is 28.7 Å². The van der Waals surface area contributed by atoms with Crippen LogP contribution in [0.2, 0.25) is 10.0 Å². The molecule has 0 saturated heterocycles. The fourth-order valence-electron chi connectivity index (χ4n) is 3.66. The van der Waals surface area contributed by atoms with Gasteiger partial charge in [-0.25, -0.2) is 8.78 Å². The van der Waals surface area contributed by atoms with Gasteiger partial charge in [0.05, 0.1) is 10.7 Å². The molecule has 0 atom stereocenters. The lowest BCUT2D eigenvalue weighted by molar-refractivity contribution is 0.0969. The molecule has 4 aromatic rings. The van der Waals surface area contributed by atoms with Crippen LogP contribution in [0.5, 0.6) is 11.5 Å². The van der Waals surface area contributed by atoms with Crippen LogP contribution in [0.3, 0.4) is 0 Å². The Hall–Kier alpha value is -3.26. The minimum Gasteiger partial charge on any atom is -0.456 e. The van der Waals surface area contributed by atoms with Crippen molar-refractivity contribution >= 4 is 62.9 Å². The van der Waals surface area contributed by atoms with Gasteiger partial charge in [-0.1, -0.05) is 53.5 Å². The zero-order valence-electron chi connectivity index (χ0n) is 18.5. The molecule has 0 aromatic heterocycles. The van der Waals surface area contributed by atoms with Crippen molar-refractivity contribution in [2.45, 2.75) is 13.8 Å². The van der Waals surface area contributed by atoms with Crippen molar-refractivity contribution in [3.63, 3.8) is 0 Å². The number of carbonyl (C=O) groups is 1. The van der Waals surface area contributed by atoms with Crippen LogP contribution in [0.15, 0.2) is 60.7 Å². The quantitative estimate of drug-likeness (QED) is 0.263. The van der Waals surface area contributed by atoms with Crippen molar-refractivity contribution in [3.05, 3.63) is 99.0 Å². The van der Waals surface area contributed by atoms with Crippen LogP contribution < -0.4 is 15.4 Å². The van der Waals surface area contributed by atoms with Crippen LogP contribution in [-0.2, 0) is 0 Å². The van der Waals surface area contributed by atoms with Crippen molar-refractivity contribution in [1.29, 1.82) is 0 Å². The van der Waals surface area contributed by atoms with Gasteiger partial charge in [-0.2, -0.15) is 0 Å². The summed E-state index contributed by atoms with van der Waals surface area (Å²) in [5.41, 5.74) is 1.04. The van der Waals surface area contributed by atoms with Crippen LogP contribution >= 0.6 is 35.4 Å². The minimum absolute atomic E-state index is 0.171. The highest BCUT2D eigenvalue weighted by Crippen LogP contribution is 2.40. The first kappa shape index (κ1) is 24.9. The lowest BCUT2D eigenvalue weighted by Crippen LogP contribution is -2.35. The van der Waals surface area contributed by atoms with E-state index in [2.05, 4.69) is 10.6 Å². The molecular formula is C26H18Cl2F2N2O2S. The molecule has 0 aliphatic carbocycles. The topological polar surface area (TPSA) is 50.4 Å². The summed E-state index contributed by atoms with van der Waals surface area (Å²) in [4.78, 5) is 12.3. The zero-order valence-corrected chi connectivity index (χ0v) is 20.8. The molecule has 4 nitrogen and oxygen atoms in total. The van der Waals surface area contributed by atoms with Crippen molar-refractivity contribution in [1.82, 2.24) is 5.32 Å². The molecule has 0 aliphatic heterocycles. The maximum absolute atomic E-state index is 13.9. The molecule has 35 heavy (non-hydrogen) atoms. The number of rotatable bonds is 4. The Morgan fingerprint density at radius 2 is 1.60 bits per heavy atom. The van der Waals surface area contributed by atoms with Gasteiger partial charge in [-0.15, -0.1) is 0 Å². The predicted molar refractivity (Wildman–Crippen MR) is 140 cm³/mol. The molecule has 0 bridgehead atoms. The number of thiocarbonyl (C=S) groups is 1. The Morgan fingerprint density at radius 3 is 2.29 bits per heavy atom. The highest BCUT2D eigenvalue weighted by Gasteiger charge is 2.20. The number of anilines is 1. The minimum atomic E-state index is -1.02. The number of hydrogen-bond donors (Lipinski definition) is 2. The van der Waals surface area contributed by atoms with Gasteiger partial charge in [0.25, 0.3) is 5.91 Å². The van der Waals surface area contributed by atoms with Gasteiger partial charge >= 0.3 is 0 Å². The second-order valence-electron chi connectivity index (χ2n) is 7.71. The monoisotopic (exact) mass is 530 g/mol.